The molecule has 0 saturated carbocycles. The van der Waals surface area contributed by atoms with Gasteiger partial charge in [-0.2, -0.15) is 0 Å². The lowest BCUT2D eigenvalue weighted by molar-refractivity contribution is 0.276. The van der Waals surface area contributed by atoms with Crippen molar-refractivity contribution in [3.05, 3.63) is 28.8 Å². The van der Waals surface area contributed by atoms with Gasteiger partial charge in [-0.05, 0) is 24.8 Å². The van der Waals surface area contributed by atoms with Crippen LogP contribution in [0, 0.1) is 18.6 Å². The summed E-state index contributed by atoms with van der Waals surface area (Å²) in [6.45, 7) is 1.04. The van der Waals surface area contributed by atoms with Crippen LogP contribution in [0.15, 0.2) is 11.0 Å². The molecule has 1 rings (SSSR count). The van der Waals surface area contributed by atoms with E-state index in [4.69, 9.17) is 5.11 Å². The number of aliphatic hydroxyl groups excluding tert-OH is 1. The lowest BCUT2D eigenvalue weighted by Crippen LogP contribution is -1.98. The van der Waals surface area contributed by atoms with E-state index < -0.39 is 11.6 Å². The second-order valence-corrected chi connectivity index (χ2v) is 3.46. The molecule has 0 aliphatic carbocycles. The first kappa shape index (κ1) is 10.5. The van der Waals surface area contributed by atoms with Crippen LogP contribution in [0.2, 0.25) is 0 Å². The molecule has 0 heterocycles. The van der Waals surface area contributed by atoms with Crippen LogP contribution in [-0.2, 0) is 6.61 Å². The molecule has 1 aromatic rings. The Labute approximate surface area is 79.8 Å². The van der Waals surface area contributed by atoms with Gasteiger partial charge in [-0.25, -0.2) is 8.78 Å². The van der Waals surface area contributed by atoms with Gasteiger partial charge in [-0.15, -0.1) is 11.8 Å². The Bertz CT molecular complexity index is 326. The Morgan fingerprint density at radius 1 is 1.46 bits per heavy atom. The highest BCUT2D eigenvalue weighted by molar-refractivity contribution is 7.98. The van der Waals surface area contributed by atoms with Crippen LogP contribution in [-0.4, -0.2) is 11.4 Å². The third kappa shape index (κ3) is 1.84. The summed E-state index contributed by atoms with van der Waals surface area (Å²) in [7, 11) is 0. The van der Waals surface area contributed by atoms with E-state index in [9.17, 15) is 8.78 Å². The van der Waals surface area contributed by atoms with Gasteiger partial charge in [-0.3, -0.25) is 0 Å². The van der Waals surface area contributed by atoms with E-state index in [1.54, 1.807) is 6.26 Å². The summed E-state index contributed by atoms with van der Waals surface area (Å²) in [4.78, 5) is 0.321. The van der Waals surface area contributed by atoms with Gasteiger partial charge in [0.05, 0.1) is 6.61 Å². The van der Waals surface area contributed by atoms with Gasteiger partial charge < -0.3 is 5.11 Å². The molecule has 4 heteroatoms. The van der Waals surface area contributed by atoms with E-state index in [1.165, 1.54) is 24.8 Å². The summed E-state index contributed by atoms with van der Waals surface area (Å²) >= 11 is 1.17. The fraction of sp³-hybridized carbons (Fsp3) is 0.333. The van der Waals surface area contributed by atoms with Gasteiger partial charge in [0.25, 0.3) is 0 Å². The molecule has 0 bridgehead atoms. The molecule has 13 heavy (non-hydrogen) atoms. The van der Waals surface area contributed by atoms with E-state index >= 15 is 0 Å². The maximum absolute atomic E-state index is 13.3. The number of aliphatic hydroxyl groups is 1. The highest BCUT2D eigenvalue weighted by Crippen LogP contribution is 2.28. The molecule has 72 valence electrons. The summed E-state index contributed by atoms with van der Waals surface area (Å²) in [5, 5.41) is 8.84. The minimum atomic E-state index is -0.612. The van der Waals surface area contributed by atoms with Gasteiger partial charge in [0, 0.05) is 10.5 Å². The van der Waals surface area contributed by atoms with Gasteiger partial charge in [-0.1, -0.05) is 0 Å². The van der Waals surface area contributed by atoms with Crippen molar-refractivity contribution in [2.45, 2.75) is 18.4 Å². The van der Waals surface area contributed by atoms with E-state index in [1.807, 2.05) is 0 Å². The largest absolute Gasteiger partial charge is 0.392 e. The van der Waals surface area contributed by atoms with Gasteiger partial charge >= 0.3 is 0 Å². The number of hydrogen-bond donors (Lipinski definition) is 1. The molecular formula is C9H10F2OS. The van der Waals surface area contributed by atoms with Gasteiger partial charge in [0.15, 0.2) is 0 Å². The molecule has 0 fully saturated rings. The number of halogens is 2. The first-order valence-electron chi connectivity index (χ1n) is 3.74. The lowest BCUT2D eigenvalue weighted by Gasteiger charge is -2.08. The van der Waals surface area contributed by atoms with Crippen LogP contribution in [0.1, 0.15) is 11.1 Å². The summed E-state index contributed by atoms with van der Waals surface area (Å²) in [6.07, 6.45) is 1.69. The molecule has 0 atom stereocenters. The number of thioether (sulfide) groups is 1. The van der Waals surface area contributed by atoms with Crippen molar-refractivity contribution in [1.82, 2.24) is 0 Å². The first-order valence-corrected chi connectivity index (χ1v) is 4.96. The van der Waals surface area contributed by atoms with Crippen LogP contribution in [0.3, 0.4) is 0 Å². The molecule has 0 amide bonds. The average molecular weight is 204 g/mol. The zero-order chi connectivity index (χ0) is 10.0. The highest BCUT2D eigenvalue weighted by Gasteiger charge is 2.13. The molecule has 0 aliphatic rings. The molecule has 0 aliphatic heterocycles. The predicted octanol–water partition coefficient (Wildman–Crippen LogP) is 2.49. The second-order valence-electron chi connectivity index (χ2n) is 2.65. The van der Waals surface area contributed by atoms with Crippen molar-refractivity contribution in [3.63, 3.8) is 0 Å². The Morgan fingerprint density at radius 3 is 2.54 bits per heavy atom. The van der Waals surface area contributed by atoms with Crippen molar-refractivity contribution in [1.29, 1.82) is 0 Å². The molecule has 0 spiro atoms. The smallest absolute Gasteiger partial charge is 0.142 e. The van der Waals surface area contributed by atoms with Crippen LogP contribution in [0.5, 0.6) is 0 Å². The molecular weight excluding hydrogens is 194 g/mol. The van der Waals surface area contributed by atoms with Crippen LogP contribution in [0.25, 0.3) is 0 Å². The zero-order valence-electron chi connectivity index (χ0n) is 7.40. The molecule has 0 radical (unpaired) electrons. The van der Waals surface area contributed by atoms with Crippen LogP contribution >= 0.6 is 11.8 Å². The number of hydrogen-bond acceptors (Lipinski definition) is 2. The lowest BCUT2D eigenvalue weighted by atomic mass is 10.1. The molecule has 0 unspecified atom stereocenters. The van der Waals surface area contributed by atoms with Crippen molar-refractivity contribution in [2.75, 3.05) is 6.26 Å². The van der Waals surface area contributed by atoms with Gasteiger partial charge in [0.1, 0.15) is 11.6 Å². The zero-order valence-corrected chi connectivity index (χ0v) is 8.21. The Hall–Kier alpha value is -0.610. The average Bonchev–Trinajstić information content (AvgIpc) is 2.13. The van der Waals surface area contributed by atoms with Gasteiger partial charge in [0.2, 0.25) is 0 Å². The fourth-order valence-corrected chi connectivity index (χ4v) is 1.80. The molecule has 1 N–H and O–H groups in total. The Kier molecular flexibility index (Phi) is 3.27. The second kappa shape index (κ2) is 4.07. The van der Waals surface area contributed by atoms with Crippen LogP contribution < -0.4 is 0 Å². The standard InChI is InChI=1S/C9H10F2OS/c1-5-7(10)3-6(4-12)9(13-2)8(5)11/h3,12H,4H2,1-2H3. The third-order valence-electron chi connectivity index (χ3n) is 1.85. The number of rotatable bonds is 2. The minimum Gasteiger partial charge on any atom is -0.392 e. The fourth-order valence-electron chi connectivity index (χ4n) is 1.08. The molecule has 1 aromatic carbocycles. The third-order valence-corrected chi connectivity index (χ3v) is 2.70. The Balaban J connectivity index is 3.39. The van der Waals surface area contributed by atoms with E-state index in [2.05, 4.69) is 0 Å². The Morgan fingerprint density at radius 2 is 2.08 bits per heavy atom. The molecule has 1 nitrogen and oxygen atoms in total. The summed E-state index contributed by atoms with van der Waals surface area (Å²) < 4.78 is 26.3. The maximum atomic E-state index is 13.3. The monoisotopic (exact) mass is 204 g/mol. The summed E-state index contributed by atoms with van der Waals surface area (Å²) in [5.74, 6) is -1.18. The van der Waals surface area contributed by atoms with Crippen LogP contribution in [0.4, 0.5) is 8.78 Å². The number of benzene rings is 1. The van der Waals surface area contributed by atoms with Crippen molar-refractivity contribution in [3.8, 4) is 0 Å². The van der Waals surface area contributed by atoms with E-state index in [-0.39, 0.29) is 12.2 Å². The first-order chi connectivity index (χ1) is 6.11. The van der Waals surface area contributed by atoms with E-state index in [0.717, 1.165) is 0 Å². The molecule has 0 saturated heterocycles. The normalized spacial score (nSPS) is 10.5. The van der Waals surface area contributed by atoms with Crippen molar-refractivity contribution >= 4 is 11.8 Å². The predicted molar refractivity (Wildman–Crippen MR) is 48.8 cm³/mol. The maximum Gasteiger partial charge on any atom is 0.142 e. The molecule has 0 aromatic heterocycles. The highest BCUT2D eigenvalue weighted by atomic mass is 32.2. The summed E-state index contributed by atoms with van der Waals surface area (Å²) in [6, 6.07) is 1.17. The quantitative estimate of drug-likeness (QED) is 0.747. The topological polar surface area (TPSA) is 20.2 Å². The van der Waals surface area contributed by atoms with Crippen molar-refractivity contribution < 1.29 is 13.9 Å². The van der Waals surface area contributed by atoms with E-state index in [0.29, 0.717) is 10.5 Å². The summed E-state index contributed by atoms with van der Waals surface area (Å²) in [5.41, 5.74) is 0.301. The minimum absolute atomic E-state index is 0.00144. The van der Waals surface area contributed by atoms with Crippen molar-refractivity contribution in [2.24, 2.45) is 0 Å². The SMILES string of the molecule is CSc1c(CO)cc(F)c(C)c1F.